The fourth-order valence-electron chi connectivity index (χ4n) is 3.28. The van der Waals surface area contributed by atoms with Crippen molar-refractivity contribution in [2.45, 2.75) is 33.0 Å². The summed E-state index contributed by atoms with van der Waals surface area (Å²) in [4.78, 5) is 11.5. The van der Waals surface area contributed by atoms with Crippen LogP contribution in [0, 0.1) is 0 Å². The number of aliphatic imine (C=N–C) groups is 1. The molecule has 162 valence electrons. The minimum atomic E-state index is 0.432. The van der Waals surface area contributed by atoms with Crippen LogP contribution in [0.3, 0.4) is 0 Å². The molecule has 0 saturated carbocycles. The van der Waals surface area contributed by atoms with Crippen molar-refractivity contribution in [3.05, 3.63) is 59.9 Å². The first-order valence-corrected chi connectivity index (χ1v) is 10.7. The second-order valence-electron chi connectivity index (χ2n) is 7.33. The van der Waals surface area contributed by atoms with Crippen molar-refractivity contribution < 1.29 is 9.47 Å². The second-order valence-corrected chi connectivity index (χ2v) is 7.33. The molecule has 0 aliphatic carbocycles. The highest BCUT2D eigenvalue weighted by Gasteiger charge is 2.16. The second kappa shape index (κ2) is 12.1. The zero-order chi connectivity index (χ0) is 21.0. The van der Waals surface area contributed by atoms with Crippen LogP contribution >= 0.6 is 0 Å². The van der Waals surface area contributed by atoms with E-state index in [-0.39, 0.29) is 0 Å². The van der Waals surface area contributed by atoms with E-state index in [1.807, 2.05) is 36.4 Å². The lowest BCUT2D eigenvalue weighted by atomic mass is 10.2. The molecule has 1 saturated heterocycles. The summed E-state index contributed by atoms with van der Waals surface area (Å²) in [5.41, 5.74) is 2.01. The number of hydrogen-bond acceptors (Lipinski definition) is 5. The quantitative estimate of drug-likeness (QED) is 0.488. The molecule has 0 amide bonds. The first kappa shape index (κ1) is 22.1. The maximum atomic E-state index is 5.88. The molecule has 1 aliphatic rings. The van der Waals surface area contributed by atoms with Crippen LogP contribution in [0.2, 0.25) is 0 Å². The number of guanidine groups is 1. The van der Waals surface area contributed by atoms with Crippen LogP contribution in [0.25, 0.3) is 0 Å². The monoisotopic (exact) mass is 411 g/mol. The molecule has 2 aromatic rings. The molecule has 2 N–H and O–H groups in total. The van der Waals surface area contributed by atoms with Gasteiger partial charge in [-0.1, -0.05) is 18.2 Å². The first-order chi connectivity index (χ1) is 14.7. The summed E-state index contributed by atoms with van der Waals surface area (Å²) in [5.74, 6) is 1.66. The SMILES string of the molecule is CCNC(=NCc1cccc(OCc2ccccn2)c1)NCC(C)N1CCOCC1. The van der Waals surface area contributed by atoms with Crippen molar-refractivity contribution in [1.29, 1.82) is 0 Å². The lowest BCUT2D eigenvalue weighted by molar-refractivity contribution is 0.0211. The van der Waals surface area contributed by atoms with Crippen LogP contribution < -0.4 is 15.4 Å². The zero-order valence-corrected chi connectivity index (χ0v) is 18.0. The van der Waals surface area contributed by atoms with Crippen LogP contribution in [0.15, 0.2) is 53.7 Å². The van der Waals surface area contributed by atoms with Gasteiger partial charge in [-0.25, -0.2) is 4.99 Å². The summed E-state index contributed by atoms with van der Waals surface area (Å²) < 4.78 is 11.3. The van der Waals surface area contributed by atoms with E-state index in [9.17, 15) is 0 Å². The number of nitrogens with one attached hydrogen (secondary N) is 2. The number of morpholine rings is 1. The predicted molar refractivity (Wildman–Crippen MR) is 120 cm³/mol. The number of benzene rings is 1. The van der Waals surface area contributed by atoms with Gasteiger partial charge in [0.15, 0.2) is 5.96 Å². The summed E-state index contributed by atoms with van der Waals surface area (Å²) >= 11 is 0. The maximum Gasteiger partial charge on any atom is 0.191 e. The summed E-state index contributed by atoms with van der Waals surface area (Å²) in [5, 5.41) is 6.79. The standard InChI is InChI=1S/C23H33N5O2/c1-3-24-23(26-16-19(2)28-11-13-29-14-12-28)27-17-20-7-6-9-22(15-20)30-18-21-8-4-5-10-25-21/h4-10,15,19H,3,11-14,16-18H2,1-2H3,(H2,24,26,27). The number of aromatic nitrogens is 1. The average Bonchev–Trinajstić information content (AvgIpc) is 2.81. The molecule has 30 heavy (non-hydrogen) atoms. The Morgan fingerprint density at radius 1 is 1.20 bits per heavy atom. The van der Waals surface area contributed by atoms with Crippen LogP contribution in [-0.4, -0.2) is 61.3 Å². The third-order valence-corrected chi connectivity index (χ3v) is 5.01. The van der Waals surface area contributed by atoms with Crippen molar-refractivity contribution in [2.75, 3.05) is 39.4 Å². The molecule has 1 aromatic carbocycles. The zero-order valence-electron chi connectivity index (χ0n) is 18.0. The van der Waals surface area contributed by atoms with Gasteiger partial charge in [-0.2, -0.15) is 0 Å². The van der Waals surface area contributed by atoms with Gasteiger partial charge in [0.2, 0.25) is 0 Å². The van der Waals surface area contributed by atoms with Crippen molar-refractivity contribution in [2.24, 2.45) is 4.99 Å². The minimum absolute atomic E-state index is 0.432. The van der Waals surface area contributed by atoms with Gasteiger partial charge in [0.1, 0.15) is 12.4 Å². The van der Waals surface area contributed by atoms with Crippen molar-refractivity contribution in [1.82, 2.24) is 20.5 Å². The van der Waals surface area contributed by atoms with Crippen LogP contribution in [0.4, 0.5) is 0 Å². The number of ether oxygens (including phenoxy) is 2. The van der Waals surface area contributed by atoms with Gasteiger partial charge >= 0.3 is 0 Å². The van der Waals surface area contributed by atoms with Gasteiger partial charge in [-0.3, -0.25) is 9.88 Å². The largest absolute Gasteiger partial charge is 0.487 e. The fourth-order valence-corrected chi connectivity index (χ4v) is 3.28. The van der Waals surface area contributed by atoms with Gasteiger partial charge in [-0.05, 0) is 43.7 Å². The molecule has 0 spiro atoms. The third kappa shape index (κ3) is 7.31. The summed E-state index contributed by atoms with van der Waals surface area (Å²) in [7, 11) is 0. The maximum absolute atomic E-state index is 5.88. The molecule has 1 aliphatic heterocycles. The molecule has 1 unspecified atom stereocenters. The number of pyridine rings is 1. The topological polar surface area (TPSA) is 71.0 Å². The Labute approximate surface area is 179 Å². The van der Waals surface area contributed by atoms with Crippen LogP contribution in [0.5, 0.6) is 5.75 Å². The van der Waals surface area contributed by atoms with Crippen LogP contribution in [-0.2, 0) is 17.9 Å². The number of nitrogens with zero attached hydrogens (tertiary/aromatic N) is 3. The van der Waals surface area contributed by atoms with E-state index in [2.05, 4.69) is 40.4 Å². The Balaban J connectivity index is 1.52. The molecular weight excluding hydrogens is 378 g/mol. The number of hydrogen-bond donors (Lipinski definition) is 2. The lowest BCUT2D eigenvalue weighted by Crippen LogP contribution is -2.49. The average molecular weight is 412 g/mol. The third-order valence-electron chi connectivity index (χ3n) is 5.01. The Bertz CT molecular complexity index is 778. The predicted octanol–water partition coefficient (Wildman–Crippen LogP) is 2.44. The first-order valence-electron chi connectivity index (χ1n) is 10.7. The molecule has 2 heterocycles. The van der Waals surface area contributed by atoms with Gasteiger partial charge in [0.25, 0.3) is 0 Å². The van der Waals surface area contributed by atoms with Gasteiger partial charge < -0.3 is 20.1 Å². The van der Waals surface area contributed by atoms with E-state index < -0.39 is 0 Å². The van der Waals surface area contributed by atoms with Gasteiger partial charge in [-0.15, -0.1) is 0 Å². The van der Waals surface area contributed by atoms with Gasteiger partial charge in [0.05, 0.1) is 25.5 Å². The molecule has 1 fully saturated rings. The molecule has 1 atom stereocenters. The Hall–Kier alpha value is -2.64. The molecule has 0 radical (unpaired) electrons. The molecule has 1 aromatic heterocycles. The minimum Gasteiger partial charge on any atom is -0.487 e. The molecule has 3 rings (SSSR count). The Kier molecular flexibility index (Phi) is 8.93. The molecule has 7 nitrogen and oxygen atoms in total. The van der Waals surface area contributed by atoms with E-state index in [1.165, 1.54) is 0 Å². The van der Waals surface area contributed by atoms with E-state index in [0.717, 1.165) is 62.4 Å². The van der Waals surface area contributed by atoms with Gasteiger partial charge in [0, 0.05) is 38.4 Å². The fraction of sp³-hybridized carbons (Fsp3) is 0.478. The summed E-state index contributed by atoms with van der Waals surface area (Å²) in [6.45, 7) is 10.6. The highest BCUT2D eigenvalue weighted by molar-refractivity contribution is 5.79. The highest BCUT2D eigenvalue weighted by atomic mass is 16.5. The normalized spacial score (nSPS) is 16.1. The van der Waals surface area contributed by atoms with E-state index in [4.69, 9.17) is 14.5 Å². The van der Waals surface area contributed by atoms with E-state index in [0.29, 0.717) is 19.2 Å². The Morgan fingerprint density at radius 3 is 2.83 bits per heavy atom. The molecular formula is C23H33N5O2. The van der Waals surface area contributed by atoms with Crippen molar-refractivity contribution in [3.63, 3.8) is 0 Å². The number of rotatable bonds is 9. The molecule has 0 bridgehead atoms. The highest BCUT2D eigenvalue weighted by Crippen LogP contribution is 2.15. The lowest BCUT2D eigenvalue weighted by Gasteiger charge is -2.32. The van der Waals surface area contributed by atoms with Crippen molar-refractivity contribution >= 4 is 5.96 Å². The summed E-state index contributed by atoms with van der Waals surface area (Å²) in [6.07, 6.45) is 1.78. The van der Waals surface area contributed by atoms with Crippen LogP contribution in [0.1, 0.15) is 25.1 Å². The van der Waals surface area contributed by atoms with E-state index in [1.54, 1.807) is 6.20 Å². The molecule has 7 heteroatoms. The summed E-state index contributed by atoms with van der Waals surface area (Å²) in [6, 6.07) is 14.3. The Morgan fingerprint density at radius 2 is 2.07 bits per heavy atom. The smallest absolute Gasteiger partial charge is 0.191 e. The van der Waals surface area contributed by atoms with Crippen molar-refractivity contribution in [3.8, 4) is 5.75 Å². The van der Waals surface area contributed by atoms with E-state index >= 15 is 0 Å².